The molecule has 0 saturated carbocycles. The number of carbonyl (C=O) groups excluding carboxylic acids is 1. The van der Waals surface area contributed by atoms with Crippen LogP contribution in [0.1, 0.15) is 45.3 Å². The van der Waals surface area contributed by atoms with Crippen molar-refractivity contribution >= 4 is 17.2 Å². The number of carbonyl (C=O) groups is 1. The molecule has 5 heteroatoms. The summed E-state index contributed by atoms with van der Waals surface area (Å²) in [7, 11) is 0. The average Bonchev–Trinajstić information content (AvgIpc) is 2.89. The van der Waals surface area contributed by atoms with Gasteiger partial charge in [0.2, 0.25) is 0 Å². The lowest BCUT2D eigenvalue weighted by Crippen LogP contribution is -2.23. The highest BCUT2D eigenvalue weighted by Crippen LogP contribution is 2.37. The van der Waals surface area contributed by atoms with E-state index in [1.165, 1.54) is 5.56 Å². The summed E-state index contributed by atoms with van der Waals surface area (Å²) >= 11 is 0. The number of pyridine rings is 1. The van der Waals surface area contributed by atoms with Gasteiger partial charge in [0.15, 0.2) is 5.65 Å². The molecule has 0 spiro atoms. The molecule has 4 rings (SSSR count). The summed E-state index contributed by atoms with van der Waals surface area (Å²) in [6.07, 6.45) is 3.56. The summed E-state index contributed by atoms with van der Waals surface area (Å²) < 4.78 is 1.97. The predicted octanol–water partition coefficient (Wildman–Crippen LogP) is 3.15. The lowest BCUT2D eigenvalue weighted by Gasteiger charge is -2.29. The van der Waals surface area contributed by atoms with Gasteiger partial charge in [0, 0.05) is 11.9 Å². The smallest absolute Gasteiger partial charge is 0.250 e. The Morgan fingerprint density at radius 1 is 1.29 bits per heavy atom. The van der Waals surface area contributed by atoms with Crippen molar-refractivity contribution < 1.29 is 4.79 Å². The highest BCUT2D eigenvalue weighted by atomic mass is 16.1. The van der Waals surface area contributed by atoms with Gasteiger partial charge < -0.3 is 15.5 Å². The van der Waals surface area contributed by atoms with E-state index in [2.05, 4.69) is 17.4 Å². The maximum absolute atomic E-state index is 11.9. The molecule has 0 radical (unpaired) electrons. The first-order valence-corrected chi connectivity index (χ1v) is 8.18. The van der Waals surface area contributed by atoms with Crippen LogP contribution < -0.4 is 11.1 Å². The van der Waals surface area contributed by atoms with Crippen LogP contribution >= 0.6 is 0 Å². The van der Waals surface area contributed by atoms with Gasteiger partial charge in [-0.05, 0) is 37.8 Å². The second-order valence-electron chi connectivity index (χ2n) is 6.38. The van der Waals surface area contributed by atoms with Crippen LogP contribution in [0, 0.1) is 13.8 Å². The van der Waals surface area contributed by atoms with Gasteiger partial charge in [-0.15, -0.1) is 0 Å². The number of anilines is 1. The molecule has 1 atom stereocenters. The third-order valence-electron chi connectivity index (χ3n) is 4.96. The molecular weight excluding hydrogens is 300 g/mol. The first-order chi connectivity index (χ1) is 11.6. The number of aryl methyl sites for hydroxylation is 2. The van der Waals surface area contributed by atoms with E-state index in [0.717, 1.165) is 41.1 Å². The van der Waals surface area contributed by atoms with Gasteiger partial charge in [-0.25, -0.2) is 4.98 Å². The van der Waals surface area contributed by atoms with Crippen molar-refractivity contribution in [2.24, 2.45) is 5.73 Å². The number of nitrogens with two attached hydrogens (primary N) is 1. The third kappa shape index (κ3) is 2.16. The van der Waals surface area contributed by atoms with E-state index < -0.39 is 0 Å². The first kappa shape index (κ1) is 14.8. The molecular formula is C19H20N4O. The fourth-order valence-electron chi connectivity index (χ4n) is 3.53. The van der Waals surface area contributed by atoms with Gasteiger partial charge in [-0.3, -0.25) is 4.79 Å². The first-order valence-electron chi connectivity index (χ1n) is 8.18. The predicted molar refractivity (Wildman–Crippen MR) is 94.3 cm³/mol. The van der Waals surface area contributed by atoms with Crippen molar-refractivity contribution in [3.63, 3.8) is 0 Å². The van der Waals surface area contributed by atoms with E-state index in [9.17, 15) is 4.79 Å². The number of amides is 1. The molecule has 0 bridgehead atoms. The largest absolute Gasteiger partial charge is 0.375 e. The van der Waals surface area contributed by atoms with Crippen LogP contribution in [0.25, 0.3) is 5.65 Å². The normalized spacial score (nSPS) is 16.7. The molecule has 2 aromatic heterocycles. The molecule has 0 aliphatic carbocycles. The van der Waals surface area contributed by atoms with E-state index in [-0.39, 0.29) is 11.9 Å². The minimum atomic E-state index is -0.390. The Kier molecular flexibility index (Phi) is 3.30. The van der Waals surface area contributed by atoms with Gasteiger partial charge >= 0.3 is 0 Å². The van der Waals surface area contributed by atoms with E-state index in [1.54, 1.807) is 0 Å². The quantitative estimate of drug-likeness (QED) is 0.762. The van der Waals surface area contributed by atoms with Crippen LogP contribution in [-0.4, -0.2) is 15.3 Å². The van der Waals surface area contributed by atoms with E-state index >= 15 is 0 Å². The molecule has 1 aliphatic heterocycles. The Morgan fingerprint density at radius 2 is 2.04 bits per heavy atom. The monoisotopic (exact) mass is 320 g/mol. The van der Waals surface area contributed by atoms with Crippen LogP contribution in [0.4, 0.5) is 5.69 Å². The van der Waals surface area contributed by atoms with E-state index in [4.69, 9.17) is 10.7 Å². The summed E-state index contributed by atoms with van der Waals surface area (Å²) in [4.78, 5) is 16.6. The molecule has 1 aromatic carbocycles. The van der Waals surface area contributed by atoms with Crippen LogP contribution in [-0.2, 0) is 6.42 Å². The summed E-state index contributed by atoms with van der Waals surface area (Å²) in [5.41, 5.74) is 12.2. The number of nitrogens with zero attached hydrogens (tertiary/aromatic N) is 2. The van der Waals surface area contributed by atoms with Crippen LogP contribution in [0.3, 0.4) is 0 Å². The molecule has 1 amide bonds. The Labute approximate surface area is 140 Å². The number of imidazole rings is 1. The minimum Gasteiger partial charge on any atom is -0.375 e. The maximum atomic E-state index is 11.9. The van der Waals surface area contributed by atoms with Gasteiger partial charge in [-0.1, -0.05) is 30.3 Å². The average molecular weight is 320 g/mol. The fraction of sp³-hybridized carbons (Fsp3) is 0.263. The van der Waals surface area contributed by atoms with Crippen molar-refractivity contribution in [3.05, 3.63) is 64.6 Å². The highest BCUT2D eigenvalue weighted by Gasteiger charge is 2.27. The summed E-state index contributed by atoms with van der Waals surface area (Å²) in [5, 5.41) is 3.60. The number of aromatic nitrogens is 2. The summed E-state index contributed by atoms with van der Waals surface area (Å²) in [5.74, 6) is -0.390. The molecule has 24 heavy (non-hydrogen) atoms. The highest BCUT2D eigenvalue weighted by molar-refractivity contribution is 5.97. The zero-order valence-electron chi connectivity index (χ0n) is 13.8. The number of primary amides is 1. The van der Waals surface area contributed by atoms with Crippen molar-refractivity contribution in [1.29, 1.82) is 0 Å². The van der Waals surface area contributed by atoms with Crippen LogP contribution in [0.15, 0.2) is 36.5 Å². The molecule has 3 aromatic rings. The lowest BCUT2D eigenvalue weighted by molar-refractivity contribution is 0.0999. The standard InChI is InChI=1S/C19H20N4O/c1-11-12(2)23-10-15(18(20)24)14-8-9-16(13-6-4-3-5-7-13)22-17(14)19(23)21-11/h3-7,10,16,22H,8-9H2,1-2H3,(H2,20,24). The van der Waals surface area contributed by atoms with Gasteiger partial charge in [0.1, 0.15) is 0 Å². The van der Waals surface area contributed by atoms with Crippen molar-refractivity contribution in [3.8, 4) is 0 Å². The zero-order chi connectivity index (χ0) is 16.8. The molecule has 3 N–H and O–H groups in total. The molecule has 1 unspecified atom stereocenters. The van der Waals surface area contributed by atoms with Crippen molar-refractivity contribution in [2.45, 2.75) is 32.7 Å². The van der Waals surface area contributed by atoms with E-state index in [0.29, 0.717) is 5.56 Å². The van der Waals surface area contributed by atoms with Crippen molar-refractivity contribution in [2.75, 3.05) is 5.32 Å². The second-order valence-corrected chi connectivity index (χ2v) is 6.38. The van der Waals surface area contributed by atoms with E-state index in [1.807, 2.05) is 42.6 Å². The zero-order valence-corrected chi connectivity index (χ0v) is 13.8. The topological polar surface area (TPSA) is 72.4 Å². The summed E-state index contributed by atoms with van der Waals surface area (Å²) in [6.45, 7) is 3.99. The number of nitrogens with one attached hydrogen (secondary N) is 1. The van der Waals surface area contributed by atoms with Crippen LogP contribution in [0.5, 0.6) is 0 Å². The molecule has 0 fully saturated rings. The van der Waals surface area contributed by atoms with Crippen molar-refractivity contribution in [1.82, 2.24) is 9.38 Å². The number of rotatable bonds is 2. The summed E-state index contributed by atoms with van der Waals surface area (Å²) in [6, 6.07) is 10.6. The fourth-order valence-corrected chi connectivity index (χ4v) is 3.53. The van der Waals surface area contributed by atoms with Crippen LogP contribution in [0.2, 0.25) is 0 Å². The van der Waals surface area contributed by atoms with Gasteiger partial charge in [0.25, 0.3) is 5.91 Å². The Hall–Kier alpha value is -2.82. The molecule has 1 aliphatic rings. The number of benzene rings is 1. The molecule has 0 saturated heterocycles. The Bertz CT molecular complexity index is 943. The van der Waals surface area contributed by atoms with Gasteiger partial charge in [0.05, 0.1) is 23.0 Å². The number of hydrogen-bond acceptors (Lipinski definition) is 3. The Morgan fingerprint density at radius 3 is 2.75 bits per heavy atom. The molecule has 3 heterocycles. The minimum absolute atomic E-state index is 0.211. The van der Waals surface area contributed by atoms with Gasteiger partial charge in [-0.2, -0.15) is 0 Å². The number of fused-ring (bicyclic) bond motifs is 3. The lowest BCUT2D eigenvalue weighted by atomic mass is 9.91. The molecule has 5 nitrogen and oxygen atoms in total. The third-order valence-corrected chi connectivity index (χ3v) is 4.96. The Balaban J connectivity index is 1.91. The SMILES string of the molecule is Cc1nc2c3c(c(C(N)=O)cn2c1C)CCC(c1ccccc1)N3. The number of hydrogen-bond donors (Lipinski definition) is 2. The maximum Gasteiger partial charge on any atom is 0.250 e. The molecule has 122 valence electrons. The second kappa shape index (κ2) is 5.37.